The highest BCUT2D eigenvalue weighted by atomic mass is 32.1. The highest BCUT2D eigenvalue weighted by Crippen LogP contribution is 2.34. The van der Waals surface area contributed by atoms with Crippen LogP contribution in [0.1, 0.15) is 27.2 Å². The lowest BCUT2D eigenvalue weighted by Gasteiger charge is -2.21. The molecule has 6 aromatic rings. The summed E-state index contributed by atoms with van der Waals surface area (Å²) in [6, 6.07) is 29.6. The molecule has 0 aliphatic carbocycles. The second-order valence-corrected chi connectivity index (χ2v) is 10.1. The molecule has 6 rings (SSSR count). The van der Waals surface area contributed by atoms with Gasteiger partial charge in [-0.1, -0.05) is 65.9 Å². The molecule has 0 unspecified atom stereocenters. The van der Waals surface area contributed by atoms with Crippen LogP contribution in [0.15, 0.2) is 97.2 Å². The van der Waals surface area contributed by atoms with Gasteiger partial charge in [-0.15, -0.1) is 0 Å². The molecule has 0 N–H and O–H groups in total. The van der Waals surface area contributed by atoms with Crippen molar-refractivity contribution in [3.63, 3.8) is 0 Å². The fraction of sp³-hybridized carbons (Fsp3) is 0.0968. The molecule has 6 heteroatoms. The Hall–Kier alpha value is -4.42. The predicted molar refractivity (Wildman–Crippen MR) is 151 cm³/mol. The zero-order valence-corrected chi connectivity index (χ0v) is 21.4. The molecular formula is C31H24N4OS. The normalized spacial score (nSPS) is 11.2. The van der Waals surface area contributed by atoms with Gasteiger partial charge in [0.25, 0.3) is 5.91 Å². The quantitative estimate of drug-likeness (QED) is 0.248. The number of amides is 1. The van der Waals surface area contributed by atoms with Crippen molar-refractivity contribution in [2.75, 3.05) is 4.90 Å². The van der Waals surface area contributed by atoms with Crippen LogP contribution in [0.5, 0.6) is 0 Å². The Morgan fingerprint density at radius 1 is 0.811 bits per heavy atom. The van der Waals surface area contributed by atoms with Gasteiger partial charge in [0.1, 0.15) is 0 Å². The number of fused-ring (bicyclic) bond motifs is 2. The molecule has 0 radical (unpaired) electrons. The Bertz CT molecular complexity index is 1710. The minimum atomic E-state index is -0.131. The van der Waals surface area contributed by atoms with Crippen molar-refractivity contribution in [2.24, 2.45) is 0 Å². The molecule has 0 aliphatic rings. The van der Waals surface area contributed by atoms with E-state index in [2.05, 4.69) is 31.0 Å². The molecule has 1 amide bonds. The zero-order chi connectivity index (χ0) is 25.4. The number of carbonyl (C=O) groups is 1. The first-order valence-corrected chi connectivity index (χ1v) is 12.9. The summed E-state index contributed by atoms with van der Waals surface area (Å²) in [4.78, 5) is 30.4. The van der Waals surface area contributed by atoms with Gasteiger partial charge in [0.05, 0.1) is 39.2 Å². The van der Waals surface area contributed by atoms with Crippen molar-refractivity contribution < 1.29 is 4.79 Å². The van der Waals surface area contributed by atoms with E-state index in [1.54, 1.807) is 11.1 Å². The largest absolute Gasteiger partial charge is 0.278 e. The van der Waals surface area contributed by atoms with E-state index in [9.17, 15) is 4.79 Å². The number of benzene rings is 3. The number of para-hydroxylation sites is 1. The van der Waals surface area contributed by atoms with Crippen LogP contribution < -0.4 is 4.90 Å². The van der Waals surface area contributed by atoms with Crippen molar-refractivity contribution in [2.45, 2.75) is 20.4 Å². The third kappa shape index (κ3) is 4.47. The summed E-state index contributed by atoms with van der Waals surface area (Å²) >= 11 is 1.53. The molecule has 0 spiro atoms. The first-order chi connectivity index (χ1) is 18.1. The third-order valence-electron chi connectivity index (χ3n) is 6.53. The molecule has 180 valence electrons. The Morgan fingerprint density at radius 3 is 2.38 bits per heavy atom. The molecule has 0 bridgehead atoms. The molecule has 0 aliphatic heterocycles. The summed E-state index contributed by atoms with van der Waals surface area (Å²) in [5.41, 5.74) is 7.17. The maximum absolute atomic E-state index is 14.4. The van der Waals surface area contributed by atoms with E-state index >= 15 is 0 Å². The molecule has 3 aromatic carbocycles. The second-order valence-electron chi connectivity index (χ2n) is 9.05. The monoisotopic (exact) mass is 500 g/mol. The van der Waals surface area contributed by atoms with Crippen molar-refractivity contribution in [1.82, 2.24) is 15.0 Å². The maximum atomic E-state index is 14.4. The molecular weight excluding hydrogens is 476 g/mol. The fourth-order valence-electron chi connectivity index (χ4n) is 4.42. The molecule has 0 saturated carbocycles. The van der Waals surface area contributed by atoms with E-state index in [0.717, 1.165) is 38.1 Å². The number of anilines is 1. The van der Waals surface area contributed by atoms with Crippen molar-refractivity contribution >= 4 is 43.5 Å². The van der Waals surface area contributed by atoms with Gasteiger partial charge >= 0.3 is 0 Å². The van der Waals surface area contributed by atoms with Crippen LogP contribution >= 0.6 is 11.3 Å². The first kappa shape index (κ1) is 23.0. The molecule has 3 heterocycles. The van der Waals surface area contributed by atoms with Gasteiger partial charge in [0, 0.05) is 17.1 Å². The van der Waals surface area contributed by atoms with Crippen LogP contribution in [0.3, 0.4) is 0 Å². The van der Waals surface area contributed by atoms with Gasteiger partial charge in [-0.05, 0) is 61.4 Å². The number of rotatable bonds is 5. The van der Waals surface area contributed by atoms with Gasteiger partial charge in [-0.3, -0.25) is 14.7 Å². The lowest BCUT2D eigenvalue weighted by Crippen LogP contribution is -2.31. The number of pyridine rings is 2. The van der Waals surface area contributed by atoms with Crippen molar-refractivity contribution in [1.29, 1.82) is 0 Å². The number of hydrogen-bond acceptors (Lipinski definition) is 5. The van der Waals surface area contributed by atoms with Gasteiger partial charge in [-0.2, -0.15) is 0 Å². The smallest absolute Gasteiger partial charge is 0.261 e. The van der Waals surface area contributed by atoms with Crippen LogP contribution in [-0.2, 0) is 6.54 Å². The first-order valence-electron chi connectivity index (χ1n) is 12.1. The van der Waals surface area contributed by atoms with E-state index in [1.807, 2.05) is 78.9 Å². The van der Waals surface area contributed by atoms with Gasteiger partial charge in [0.15, 0.2) is 5.13 Å². The highest BCUT2D eigenvalue weighted by Gasteiger charge is 2.25. The topological polar surface area (TPSA) is 59.0 Å². The lowest BCUT2D eigenvalue weighted by molar-refractivity contribution is 0.0986. The summed E-state index contributed by atoms with van der Waals surface area (Å²) in [5.74, 6) is -0.131. The van der Waals surface area contributed by atoms with Crippen LogP contribution in [0, 0.1) is 13.8 Å². The number of hydrogen-bond donors (Lipinski definition) is 0. The number of thiazole rings is 1. The maximum Gasteiger partial charge on any atom is 0.261 e. The second kappa shape index (κ2) is 9.56. The third-order valence-corrected chi connectivity index (χ3v) is 7.57. The van der Waals surface area contributed by atoms with Crippen LogP contribution in [0.4, 0.5) is 5.13 Å². The van der Waals surface area contributed by atoms with Gasteiger partial charge in [-0.25, -0.2) is 9.97 Å². The molecule has 0 fully saturated rings. The summed E-state index contributed by atoms with van der Waals surface area (Å²) in [5, 5.41) is 1.46. The molecule has 5 nitrogen and oxygen atoms in total. The zero-order valence-electron chi connectivity index (χ0n) is 20.6. The highest BCUT2D eigenvalue weighted by molar-refractivity contribution is 7.22. The Balaban J connectivity index is 1.52. The van der Waals surface area contributed by atoms with Crippen LogP contribution in [0.2, 0.25) is 0 Å². The SMILES string of the molecule is Cc1cc2nc(N(Cc3ccccn3)C(=O)c3cc(-c4ccccc4)nc4ccccc34)sc2cc1C. The van der Waals surface area contributed by atoms with E-state index in [1.165, 1.54) is 22.5 Å². The summed E-state index contributed by atoms with van der Waals surface area (Å²) < 4.78 is 1.06. The molecule has 3 aromatic heterocycles. The van der Waals surface area contributed by atoms with Gasteiger partial charge < -0.3 is 0 Å². The van der Waals surface area contributed by atoms with Crippen LogP contribution in [-0.4, -0.2) is 20.9 Å². The number of aromatic nitrogens is 3. The molecule has 37 heavy (non-hydrogen) atoms. The lowest BCUT2D eigenvalue weighted by atomic mass is 10.0. The number of nitrogens with zero attached hydrogens (tertiary/aromatic N) is 4. The summed E-state index contributed by atoms with van der Waals surface area (Å²) in [6.45, 7) is 4.49. The fourth-order valence-corrected chi connectivity index (χ4v) is 5.46. The Labute approximate surface area is 219 Å². The average molecular weight is 501 g/mol. The average Bonchev–Trinajstić information content (AvgIpc) is 3.34. The van der Waals surface area contributed by atoms with Gasteiger partial charge in [0.2, 0.25) is 0 Å². The van der Waals surface area contributed by atoms with E-state index in [4.69, 9.17) is 9.97 Å². The summed E-state index contributed by atoms with van der Waals surface area (Å²) in [7, 11) is 0. The Kier molecular flexibility index (Phi) is 5.94. The van der Waals surface area contributed by atoms with E-state index < -0.39 is 0 Å². The molecule has 0 atom stereocenters. The standard InChI is InChI=1S/C31H24N4OS/c1-20-16-28-29(17-21(20)2)37-31(34-28)35(19-23-12-8-9-15-32-23)30(36)25-18-27(22-10-4-3-5-11-22)33-26-14-7-6-13-24(25)26/h3-18H,19H2,1-2H3. The van der Waals surface area contributed by atoms with E-state index in [-0.39, 0.29) is 5.91 Å². The minimum Gasteiger partial charge on any atom is -0.278 e. The number of aryl methyl sites for hydroxylation is 2. The Morgan fingerprint density at radius 2 is 1.57 bits per heavy atom. The predicted octanol–water partition coefficient (Wildman–Crippen LogP) is 7.37. The minimum absolute atomic E-state index is 0.131. The van der Waals surface area contributed by atoms with Crippen LogP contribution in [0.25, 0.3) is 32.4 Å². The van der Waals surface area contributed by atoms with Crippen molar-refractivity contribution in [3.8, 4) is 11.3 Å². The van der Waals surface area contributed by atoms with E-state index in [0.29, 0.717) is 17.2 Å². The summed E-state index contributed by atoms with van der Waals surface area (Å²) in [6.07, 6.45) is 1.75. The number of carbonyl (C=O) groups excluding carboxylic acids is 1. The molecule has 0 saturated heterocycles. The van der Waals surface area contributed by atoms with Crippen molar-refractivity contribution in [3.05, 3.63) is 120 Å².